The van der Waals surface area contributed by atoms with Crippen molar-refractivity contribution in [3.8, 4) is 0 Å². The molecule has 0 saturated heterocycles. The molecule has 0 bridgehead atoms. The van der Waals surface area contributed by atoms with Crippen molar-refractivity contribution in [1.82, 2.24) is 10.2 Å². The Kier molecular flexibility index (Phi) is 10.2. The van der Waals surface area contributed by atoms with E-state index in [0.717, 1.165) is 5.56 Å². The average molecular weight is 473 g/mol. The summed E-state index contributed by atoms with van der Waals surface area (Å²) in [5.41, 5.74) is 0.330. The minimum Gasteiger partial charge on any atom is -0.478 e. The summed E-state index contributed by atoms with van der Waals surface area (Å²) in [6.45, 7) is 15.4. The number of carboxylic acids is 1. The van der Waals surface area contributed by atoms with E-state index >= 15 is 0 Å². The molecule has 6 heteroatoms. The first-order chi connectivity index (χ1) is 15.5. The molecule has 0 aromatic heterocycles. The lowest BCUT2D eigenvalue weighted by molar-refractivity contribution is -0.136. The van der Waals surface area contributed by atoms with Crippen molar-refractivity contribution >= 4 is 17.7 Å². The lowest BCUT2D eigenvalue weighted by Gasteiger charge is -2.40. The van der Waals surface area contributed by atoms with Crippen molar-refractivity contribution in [2.45, 2.75) is 79.3 Å². The summed E-state index contributed by atoms with van der Waals surface area (Å²) in [4.78, 5) is 40.4. The van der Waals surface area contributed by atoms with Crippen LogP contribution in [-0.2, 0) is 19.8 Å². The standard InChI is InChI=1S/C28H44N2O4/c1-18(2)22(16-19(3)26(33)34)29-25(32)21(27(4,5)6)17-23(31)24(30(9)10)28(7,8)20-14-12-11-13-15-20/h11-16,18,21-22,24H,17H2,1-10H3,(H,29,32)(H,33,34)/b19-16+/t21-,22-,24-/m1/s1. The molecule has 0 unspecified atom stereocenters. The van der Waals surface area contributed by atoms with Crippen LogP contribution in [0.2, 0.25) is 0 Å². The van der Waals surface area contributed by atoms with Gasteiger partial charge in [-0.3, -0.25) is 14.5 Å². The predicted molar refractivity (Wildman–Crippen MR) is 138 cm³/mol. The van der Waals surface area contributed by atoms with E-state index in [0.29, 0.717) is 0 Å². The number of Topliss-reactive ketones (excluding diaryl/α,β-unsaturated/α-hetero) is 1. The molecule has 0 heterocycles. The second-order valence-corrected chi connectivity index (χ2v) is 11.5. The molecule has 0 spiro atoms. The summed E-state index contributed by atoms with van der Waals surface area (Å²) in [6, 6.07) is 9.11. The smallest absolute Gasteiger partial charge is 0.331 e. The van der Waals surface area contributed by atoms with E-state index in [-0.39, 0.29) is 29.6 Å². The van der Waals surface area contributed by atoms with E-state index in [1.165, 1.54) is 6.92 Å². The number of ketones is 1. The SMILES string of the molecule is C/C(=C\[C@@H](NC(=O)[C@@H](CC(=O)[C@@H](N(C)C)C(C)(C)c1ccccc1)C(C)(C)C)C(C)C)C(=O)O. The molecule has 1 rings (SSSR count). The Labute approximate surface area is 205 Å². The number of hydrogen-bond donors (Lipinski definition) is 2. The number of carbonyl (C=O) groups is 3. The van der Waals surface area contributed by atoms with Gasteiger partial charge in [0.05, 0.1) is 12.1 Å². The summed E-state index contributed by atoms with van der Waals surface area (Å²) < 4.78 is 0. The summed E-state index contributed by atoms with van der Waals surface area (Å²) in [5, 5.41) is 12.3. The monoisotopic (exact) mass is 472 g/mol. The lowest BCUT2D eigenvalue weighted by atomic mass is 9.71. The molecule has 6 nitrogen and oxygen atoms in total. The molecular weight excluding hydrogens is 428 g/mol. The maximum Gasteiger partial charge on any atom is 0.331 e. The van der Waals surface area contributed by atoms with Gasteiger partial charge in [-0.25, -0.2) is 4.79 Å². The number of benzene rings is 1. The van der Waals surface area contributed by atoms with Crippen LogP contribution in [-0.4, -0.2) is 53.8 Å². The number of amides is 1. The van der Waals surface area contributed by atoms with Gasteiger partial charge in [-0.05, 0) is 37.9 Å². The first kappa shape index (κ1) is 29.6. The van der Waals surface area contributed by atoms with E-state index in [1.54, 1.807) is 6.08 Å². The minimum absolute atomic E-state index is 0.00103. The fraction of sp³-hybridized carbons (Fsp3) is 0.607. The molecule has 0 radical (unpaired) electrons. The number of nitrogens with zero attached hydrogens (tertiary/aromatic N) is 1. The molecule has 34 heavy (non-hydrogen) atoms. The summed E-state index contributed by atoms with van der Waals surface area (Å²) in [5.74, 6) is -1.80. The molecule has 190 valence electrons. The molecule has 0 aliphatic rings. The number of likely N-dealkylation sites (N-methyl/N-ethyl adjacent to an activating group) is 1. The average Bonchev–Trinajstić information content (AvgIpc) is 2.70. The van der Waals surface area contributed by atoms with Crippen molar-refractivity contribution in [2.75, 3.05) is 14.1 Å². The Morgan fingerprint density at radius 2 is 1.56 bits per heavy atom. The highest BCUT2D eigenvalue weighted by atomic mass is 16.4. The zero-order valence-electron chi connectivity index (χ0n) is 22.6. The van der Waals surface area contributed by atoms with Crippen molar-refractivity contribution in [2.24, 2.45) is 17.3 Å². The van der Waals surface area contributed by atoms with Crippen LogP contribution in [0.25, 0.3) is 0 Å². The van der Waals surface area contributed by atoms with Gasteiger partial charge in [0, 0.05) is 23.3 Å². The van der Waals surface area contributed by atoms with Crippen molar-refractivity contribution in [1.29, 1.82) is 0 Å². The Bertz CT molecular complexity index is 879. The number of carboxylic acid groups (broad SMARTS) is 1. The number of nitrogens with one attached hydrogen (secondary N) is 1. The Hall–Kier alpha value is -2.47. The van der Waals surface area contributed by atoms with Gasteiger partial charge >= 0.3 is 5.97 Å². The third-order valence-corrected chi connectivity index (χ3v) is 6.58. The second kappa shape index (κ2) is 11.8. The van der Waals surface area contributed by atoms with Crippen LogP contribution in [0.1, 0.15) is 67.4 Å². The third-order valence-electron chi connectivity index (χ3n) is 6.58. The van der Waals surface area contributed by atoms with E-state index in [4.69, 9.17) is 0 Å². The molecule has 1 amide bonds. The van der Waals surface area contributed by atoms with Crippen LogP contribution < -0.4 is 5.32 Å². The van der Waals surface area contributed by atoms with Gasteiger partial charge in [0.25, 0.3) is 0 Å². The van der Waals surface area contributed by atoms with Gasteiger partial charge in [0.15, 0.2) is 5.78 Å². The summed E-state index contributed by atoms with van der Waals surface area (Å²) >= 11 is 0. The van der Waals surface area contributed by atoms with E-state index in [2.05, 4.69) is 19.2 Å². The molecule has 0 aliphatic carbocycles. The topological polar surface area (TPSA) is 86.7 Å². The van der Waals surface area contributed by atoms with Gasteiger partial charge in [0.1, 0.15) is 0 Å². The van der Waals surface area contributed by atoms with Crippen LogP contribution in [0.5, 0.6) is 0 Å². The molecule has 2 N–H and O–H groups in total. The van der Waals surface area contributed by atoms with Crippen LogP contribution in [0.15, 0.2) is 42.0 Å². The first-order valence-corrected chi connectivity index (χ1v) is 12.0. The lowest BCUT2D eigenvalue weighted by Crippen LogP contribution is -2.52. The van der Waals surface area contributed by atoms with Crippen LogP contribution in [0.3, 0.4) is 0 Å². The maximum absolute atomic E-state index is 13.7. The largest absolute Gasteiger partial charge is 0.478 e. The van der Waals surface area contributed by atoms with Gasteiger partial charge in [-0.2, -0.15) is 0 Å². The third kappa shape index (κ3) is 7.79. The normalized spacial score (nSPS) is 15.7. The maximum atomic E-state index is 13.7. The van der Waals surface area contributed by atoms with Gasteiger partial charge < -0.3 is 10.4 Å². The highest BCUT2D eigenvalue weighted by Gasteiger charge is 2.42. The molecule has 1 aromatic rings. The van der Waals surface area contributed by atoms with Gasteiger partial charge in [-0.15, -0.1) is 0 Å². The Morgan fingerprint density at radius 1 is 1.03 bits per heavy atom. The Balaban J connectivity index is 3.26. The van der Waals surface area contributed by atoms with Crippen LogP contribution >= 0.6 is 0 Å². The number of rotatable bonds is 11. The highest BCUT2D eigenvalue weighted by molar-refractivity contribution is 5.91. The molecule has 1 aromatic carbocycles. The van der Waals surface area contributed by atoms with E-state index in [1.807, 2.05) is 83.9 Å². The van der Waals surface area contributed by atoms with Crippen molar-refractivity contribution in [3.05, 3.63) is 47.5 Å². The summed E-state index contributed by atoms with van der Waals surface area (Å²) in [6.07, 6.45) is 1.68. The molecule has 0 aliphatic heterocycles. The molecular formula is C28H44N2O4. The molecule has 0 saturated carbocycles. The van der Waals surface area contributed by atoms with E-state index in [9.17, 15) is 19.5 Å². The number of hydrogen-bond acceptors (Lipinski definition) is 4. The fourth-order valence-electron chi connectivity index (χ4n) is 4.47. The zero-order valence-corrected chi connectivity index (χ0v) is 22.6. The number of carbonyl (C=O) groups excluding carboxylic acids is 2. The molecule has 3 atom stereocenters. The quantitative estimate of drug-likeness (QED) is 0.456. The van der Waals surface area contributed by atoms with E-state index < -0.39 is 34.8 Å². The highest BCUT2D eigenvalue weighted by Crippen LogP contribution is 2.35. The van der Waals surface area contributed by atoms with Crippen molar-refractivity contribution in [3.63, 3.8) is 0 Å². The predicted octanol–water partition coefficient (Wildman–Crippen LogP) is 4.69. The first-order valence-electron chi connectivity index (χ1n) is 12.0. The minimum atomic E-state index is -1.01. The number of aliphatic carboxylic acids is 1. The second-order valence-electron chi connectivity index (χ2n) is 11.5. The molecule has 0 fully saturated rings. The van der Waals surface area contributed by atoms with Crippen molar-refractivity contribution < 1.29 is 19.5 Å². The summed E-state index contributed by atoms with van der Waals surface area (Å²) in [7, 11) is 3.79. The van der Waals surface area contributed by atoms with Crippen LogP contribution in [0, 0.1) is 17.3 Å². The van der Waals surface area contributed by atoms with Gasteiger partial charge in [0.2, 0.25) is 5.91 Å². The zero-order chi connectivity index (χ0) is 26.4. The van der Waals surface area contributed by atoms with Gasteiger partial charge in [-0.1, -0.05) is 84.9 Å². The Morgan fingerprint density at radius 3 is 1.97 bits per heavy atom. The fourth-order valence-corrected chi connectivity index (χ4v) is 4.47. The van der Waals surface area contributed by atoms with Crippen LogP contribution in [0.4, 0.5) is 0 Å².